The highest BCUT2D eigenvalue weighted by Crippen LogP contribution is 2.26. The molecule has 96 valence electrons. The van der Waals surface area contributed by atoms with Crippen LogP contribution in [0.15, 0.2) is 29.6 Å². The van der Waals surface area contributed by atoms with Gasteiger partial charge in [0.15, 0.2) is 0 Å². The molecule has 1 heterocycles. The van der Waals surface area contributed by atoms with Gasteiger partial charge in [0.25, 0.3) is 0 Å². The Bertz CT molecular complexity index is 484. The summed E-state index contributed by atoms with van der Waals surface area (Å²) in [6, 6.07) is 7.91. The van der Waals surface area contributed by atoms with Crippen molar-refractivity contribution in [2.75, 3.05) is 12.5 Å². The normalized spacial score (nSPS) is 10.6. The van der Waals surface area contributed by atoms with Crippen LogP contribution in [0.1, 0.15) is 12.1 Å². The first-order valence-electron chi connectivity index (χ1n) is 5.63. The monoisotopic (exact) mass is 301 g/mol. The van der Waals surface area contributed by atoms with Crippen LogP contribution < -0.4 is 4.74 Å². The van der Waals surface area contributed by atoms with Gasteiger partial charge in [-0.15, -0.1) is 34.5 Å². The second kappa shape index (κ2) is 6.98. The van der Waals surface area contributed by atoms with E-state index >= 15 is 0 Å². The second-order valence-corrected chi connectivity index (χ2v) is 5.20. The van der Waals surface area contributed by atoms with Gasteiger partial charge in [-0.25, -0.2) is 4.98 Å². The smallest absolute Gasteiger partial charge is 0.123 e. The van der Waals surface area contributed by atoms with E-state index in [1.54, 1.807) is 11.3 Å². The number of benzene rings is 1. The lowest BCUT2D eigenvalue weighted by molar-refractivity contribution is 0.318. The molecule has 5 heteroatoms. The van der Waals surface area contributed by atoms with E-state index in [1.165, 1.54) is 0 Å². The van der Waals surface area contributed by atoms with E-state index in [9.17, 15) is 0 Å². The molecular weight excluding hydrogens is 289 g/mol. The van der Waals surface area contributed by atoms with Crippen LogP contribution in [0.2, 0.25) is 0 Å². The summed E-state index contributed by atoms with van der Waals surface area (Å²) in [5.74, 6) is 1.94. The number of aromatic nitrogens is 1. The topological polar surface area (TPSA) is 22.1 Å². The zero-order chi connectivity index (χ0) is 12.8. The third-order valence-corrected chi connectivity index (χ3v) is 3.82. The molecule has 0 N–H and O–H groups in total. The lowest BCUT2D eigenvalue weighted by Gasteiger charge is -2.05. The fraction of sp³-hybridized carbons (Fsp3) is 0.308. The van der Waals surface area contributed by atoms with Gasteiger partial charge in [-0.05, 0) is 30.7 Å². The SMILES string of the molecule is ClCCCOc1ccc(-c2nc(CCl)cs2)cc1. The van der Waals surface area contributed by atoms with Gasteiger partial charge in [0.05, 0.1) is 18.2 Å². The quantitative estimate of drug-likeness (QED) is 0.576. The van der Waals surface area contributed by atoms with Crippen LogP contribution in [-0.4, -0.2) is 17.5 Å². The van der Waals surface area contributed by atoms with Crippen molar-refractivity contribution in [2.24, 2.45) is 0 Å². The van der Waals surface area contributed by atoms with Gasteiger partial charge in [-0.3, -0.25) is 0 Å². The molecule has 0 bridgehead atoms. The predicted octanol–water partition coefficient (Wildman–Crippen LogP) is 4.56. The van der Waals surface area contributed by atoms with Crippen molar-refractivity contribution >= 4 is 34.5 Å². The molecule has 0 amide bonds. The maximum Gasteiger partial charge on any atom is 0.123 e. The van der Waals surface area contributed by atoms with Crippen molar-refractivity contribution in [1.82, 2.24) is 4.98 Å². The van der Waals surface area contributed by atoms with Crippen LogP contribution in [0.4, 0.5) is 0 Å². The average molecular weight is 302 g/mol. The van der Waals surface area contributed by atoms with Crippen LogP contribution >= 0.6 is 34.5 Å². The maximum absolute atomic E-state index is 5.74. The van der Waals surface area contributed by atoms with E-state index in [0.717, 1.165) is 28.4 Å². The molecule has 1 aromatic carbocycles. The average Bonchev–Trinajstić information content (AvgIpc) is 2.89. The molecule has 0 aliphatic rings. The number of hydrogen-bond donors (Lipinski definition) is 0. The van der Waals surface area contributed by atoms with Gasteiger partial charge in [0.1, 0.15) is 10.8 Å². The number of halogens is 2. The van der Waals surface area contributed by atoms with Gasteiger partial charge in [0.2, 0.25) is 0 Å². The number of ether oxygens (including phenoxy) is 1. The number of alkyl halides is 2. The molecule has 0 radical (unpaired) electrons. The second-order valence-electron chi connectivity index (χ2n) is 3.69. The lowest BCUT2D eigenvalue weighted by Crippen LogP contribution is -1.97. The third-order valence-electron chi connectivity index (χ3n) is 2.34. The highest BCUT2D eigenvalue weighted by atomic mass is 35.5. The summed E-state index contributed by atoms with van der Waals surface area (Å²) in [4.78, 5) is 4.43. The van der Waals surface area contributed by atoms with Gasteiger partial charge < -0.3 is 4.74 Å². The zero-order valence-electron chi connectivity index (χ0n) is 9.73. The van der Waals surface area contributed by atoms with E-state index in [2.05, 4.69) is 4.98 Å². The number of thiazole rings is 1. The van der Waals surface area contributed by atoms with Crippen LogP contribution in [0.5, 0.6) is 5.75 Å². The molecule has 2 nitrogen and oxygen atoms in total. The van der Waals surface area contributed by atoms with E-state index in [4.69, 9.17) is 27.9 Å². The van der Waals surface area contributed by atoms with Crippen molar-refractivity contribution in [3.8, 4) is 16.3 Å². The molecule has 0 aliphatic heterocycles. The highest BCUT2D eigenvalue weighted by molar-refractivity contribution is 7.13. The maximum atomic E-state index is 5.74. The summed E-state index contributed by atoms with van der Waals surface area (Å²) in [5, 5.41) is 2.96. The summed E-state index contributed by atoms with van der Waals surface area (Å²) in [6.45, 7) is 0.649. The van der Waals surface area contributed by atoms with Crippen LogP contribution in [0, 0.1) is 0 Å². The summed E-state index contributed by atoms with van der Waals surface area (Å²) in [7, 11) is 0. The first-order valence-corrected chi connectivity index (χ1v) is 7.58. The fourth-order valence-electron chi connectivity index (χ4n) is 1.44. The Morgan fingerprint density at radius 2 is 1.94 bits per heavy atom. The Balaban J connectivity index is 2.02. The first kappa shape index (κ1) is 13.7. The standard InChI is InChI=1S/C13H13Cl2NOS/c14-6-1-7-17-12-4-2-10(3-5-12)13-16-11(8-15)9-18-13/h2-5,9H,1,6-8H2. The molecular formula is C13H13Cl2NOS. The van der Waals surface area contributed by atoms with Gasteiger partial charge in [-0.1, -0.05) is 0 Å². The van der Waals surface area contributed by atoms with Crippen molar-refractivity contribution in [2.45, 2.75) is 12.3 Å². The predicted molar refractivity (Wildman–Crippen MR) is 77.9 cm³/mol. The van der Waals surface area contributed by atoms with Crippen molar-refractivity contribution in [3.63, 3.8) is 0 Å². The van der Waals surface area contributed by atoms with Gasteiger partial charge >= 0.3 is 0 Å². The van der Waals surface area contributed by atoms with Crippen LogP contribution in [0.3, 0.4) is 0 Å². The minimum absolute atomic E-state index is 0.454. The van der Waals surface area contributed by atoms with E-state index in [-0.39, 0.29) is 0 Å². The van der Waals surface area contributed by atoms with Gasteiger partial charge in [-0.2, -0.15) is 0 Å². The minimum atomic E-state index is 0.454. The number of nitrogens with zero attached hydrogens (tertiary/aromatic N) is 1. The Morgan fingerprint density at radius 1 is 1.17 bits per heavy atom. The molecule has 0 fully saturated rings. The Morgan fingerprint density at radius 3 is 2.56 bits per heavy atom. The van der Waals surface area contributed by atoms with Crippen molar-refractivity contribution in [1.29, 1.82) is 0 Å². The Kier molecular flexibility index (Phi) is 5.29. The summed E-state index contributed by atoms with van der Waals surface area (Å²) in [6.07, 6.45) is 0.856. The number of hydrogen-bond acceptors (Lipinski definition) is 3. The van der Waals surface area contributed by atoms with E-state index in [0.29, 0.717) is 18.4 Å². The fourth-order valence-corrected chi connectivity index (χ4v) is 2.60. The van der Waals surface area contributed by atoms with E-state index in [1.807, 2.05) is 29.6 Å². The molecule has 0 saturated heterocycles. The third kappa shape index (κ3) is 3.61. The van der Waals surface area contributed by atoms with Crippen molar-refractivity contribution < 1.29 is 4.74 Å². The van der Waals surface area contributed by atoms with Crippen LogP contribution in [-0.2, 0) is 5.88 Å². The molecule has 0 aliphatic carbocycles. The molecule has 2 rings (SSSR count). The summed E-state index contributed by atoms with van der Waals surface area (Å²) in [5.41, 5.74) is 2.00. The molecule has 18 heavy (non-hydrogen) atoms. The Labute approximate surface area is 121 Å². The summed E-state index contributed by atoms with van der Waals surface area (Å²) >= 11 is 12.9. The molecule has 2 aromatic rings. The lowest BCUT2D eigenvalue weighted by atomic mass is 10.2. The first-order chi connectivity index (χ1) is 8.83. The molecule has 1 aromatic heterocycles. The Hall–Kier alpha value is -0.770. The van der Waals surface area contributed by atoms with Crippen LogP contribution in [0.25, 0.3) is 10.6 Å². The largest absolute Gasteiger partial charge is 0.494 e. The summed E-state index contributed by atoms with van der Waals surface area (Å²) < 4.78 is 5.54. The van der Waals surface area contributed by atoms with Gasteiger partial charge in [0, 0.05) is 16.8 Å². The molecule has 0 spiro atoms. The molecule has 0 atom stereocenters. The highest BCUT2D eigenvalue weighted by Gasteiger charge is 2.04. The molecule has 0 unspecified atom stereocenters. The van der Waals surface area contributed by atoms with E-state index < -0.39 is 0 Å². The minimum Gasteiger partial charge on any atom is -0.494 e. The molecule has 0 saturated carbocycles. The van der Waals surface area contributed by atoms with Crippen molar-refractivity contribution in [3.05, 3.63) is 35.3 Å². The number of rotatable bonds is 6. The zero-order valence-corrected chi connectivity index (χ0v) is 12.1.